The monoisotopic (exact) mass is 386 g/mol. The molecule has 26 heavy (non-hydrogen) atoms. The molecule has 0 fully saturated rings. The van der Waals surface area contributed by atoms with E-state index in [2.05, 4.69) is 18.3 Å². The second-order valence-corrected chi connectivity index (χ2v) is 7.34. The highest BCUT2D eigenvalue weighted by atomic mass is 35.5. The molecule has 6 heteroatoms. The van der Waals surface area contributed by atoms with E-state index in [0.717, 1.165) is 27.1 Å². The Bertz CT molecular complexity index is 975. The van der Waals surface area contributed by atoms with Gasteiger partial charge in [0.05, 0.1) is 28.4 Å². The fourth-order valence-electron chi connectivity index (χ4n) is 2.69. The first-order valence-electron chi connectivity index (χ1n) is 8.11. The van der Waals surface area contributed by atoms with Crippen molar-refractivity contribution in [2.45, 2.75) is 18.9 Å². The van der Waals surface area contributed by atoms with Crippen molar-refractivity contribution in [2.24, 2.45) is 0 Å². The number of carbonyl (C=O) groups excluding carboxylic acids is 1. The Labute approximate surface area is 161 Å². The summed E-state index contributed by atoms with van der Waals surface area (Å²) in [5.74, 6) is 0.735. The summed E-state index contributed by atoms with van der Waals surface area (Å²) >= 11 is 7.50. The lowest BCUT2D eigenvalue weighted by Crippen LogP contribution is -2.14. The van der Waals surface area contributed by atoms with E-state index in [1.807, 2.05) is 25.1 Å². The average Bonchev–Trinajstić information content (AvgIpc) is 2.61. The SMILES string of the molecule is COc1ccc(NC(=O)CSc2cc(C)c3cccc(C)c3n2)cc1Cl. The number of aromatic nitrogens is 1. The van der Waals surface area contributed by atoms with E-state index in [9.17, 15) is 4.79 Å². The first-order chi connectivity index (χ1) is 12.5. The third kappa shape index (κ3) is 4.11. The smallest absolute Gasteiger partial charge is 0.234 e. The van der Waals surface area contributed by atoms with Crippen LogP contribution in [-0.2, 0) is 4.79 Å². The van der Waals surface area contributed by atoms with Gasteiger partial charge in [-0.3, -0.25) is 4.79 Å². The zero-order valence-electron chi connectivity index (χ0n) is 14.8. The van der Waals surface area contributed by atoms with Crippen LogP contribution in [0.25, 0.3) is 10.9 Å². The van der Waals surface area contributed by atoms with Crippen molar-refractivity contribution in [3.05, 3.63) is 58.6 Å². The molecule has 0 bridgehead atoms. The minimum Gasteiger partial charge on any atom is -0.495 e. The third-order valence-electron chi connectivity index (χ3n) is 4.01. The zero-order valence-corrected chi connectivity index (χ0v) is 16.4. The maximum absolute atomic E-state index is 12.2. The molecule has 0 aliphatic heterocycles. The molecule has 0 aliphatic carbocycles. The number of amides is 1. The standard InChI is InChI=1S/C20H19ClN2O2S/c1-12-5-4-6-15-13(2)9-19(23-20(12)15)26-11-18(24)22-14-7-8-17(25-3)16(21)10-14/h4-10H,11H2,1-3H3,(H,22,24). The van der Waals surface area contributed by atoms with Crippen molar-refractivity contribution < 1.29 is 9.53 Å². The lowest BCUT2D eigenvalue weighted by Gasteiger charge is -2.09. The Kier molecular flexibility index (Phi) is 5.69. The molecule has 2 aromatic carbocycles. The van der Waals surface area contributed by atoms with Gasteiger partial charge in [0, 0.05) is 11.1 Å². The quantitative estimate of drug-likeness (QED) is 0.609. The van der Waals surface area contributed by atoms with Gasteiger partial charge in [-0.1, -0.05) is 41.6 Å². The molecule has 4 nitrogen and oxygen atoms in total. The van der Waals surface area contributed by atoms with E-state index in [1.54, 1.807) is 25.3 Å². The van der Waals surface area contributed by atoms with Gasteiger partial charge in [0.2, 0.25) is 5.91 Å². The van der Waals surface area contributed by atoms with Gasteiger partial charge in [-0.2, -0.15) is 0 Å². The first-order valence-corrected chi connectivity index (χ1v) is 9.47. The number of halogens is 1. The van der Waals surface area contributed by atoms with Crippen LogP contribution in [-0.4, -0.2) is 23.8 Å². The van der Waals surface area contributed by atoms with E-state index in [0.29, 0.717) is 16.5 Å². The highest BCUT2D eigenvalue weighted by molar-refractivity contribution is 7.99. The molecule has 134 valence electrons. The molecule has 0 saturated heterocycles. The van der Waals surface area contributed by atoms with Crippen molar-refractivity contribution in [3.8, 4) is 5.75 Å². The number of ether oxygens (including phenoxy) is 1. The van der Waals surface area contributed by atoms with Gasteiger partial charge in [-0.05, 0) is 49.2 Å². The Balaban J connectivity index is 1.69. The first kappa shape index (κ1) is 18.5. The number of rotatable bonds is 5. The summed E-state index contributed by atoms with van der Waals surface area (Å²) in [6.45, 7) is 4.11. The van der Waals surface area contributed by atoms with Crippen LogP contribution in [0.2, 0.25) is 5.02 Å². The molecule has 0 saturated carbocycles. The molecular weight excluding hydrogens is 368 g/mol. The van der Waals surface area contributed by atoms with Crippen molar-refractivity contribution >= 4 is 45.9 Å². The van der Waals surface area contributed by atoms with Crippen LogP contribution in [0.4, 0.5) is 5.69 Å². The number of hydrogen-bond donors (Lipinski definition) is 1. The molecule has 1 amide bonds. The lowest BCUT2D eigenvalue weighted by atomic mass is 10.1. The summed E-state index contributed by atoms with van der Waals surface area (Å²) in [5.41, 5.74) is 3.91. The van der Waals surface area contributed by atoms with Crippen LogP contribution >= 0.6 is 23.4 Å². The fourth-order valence-corrected chi connectivity index (χ4v) is 3.71. The molecule has 3 aromatic rings. The number of anilines is 1. The minimum absolute atomic E-state index is 0.111. The number of benzene rings is 2. The minimum atomic E-state index is -0.111. The van der Waals surface area contributed by atoms with E-state index < -0.39 is 0 Å². The van der Waals surface area contributed by atoms with Gasteiger partial charge in [-0.15, -0.1) is 0 Å². The van der Waals surface area contributed by atoms with Gasteiger partial charge in [0.15, 0.2) is 0 Å². The Morgan fingerprint density at radius 3 is 2.73 bits per heavy atom. The van der Waals surface area contributed by atoms with Gasteiger partial charge < -0.3 is 10.1 Å². The van der Waals surface area contributed by atoms with Crippen LogP contribution < -0.4 is 10.1 Å². The third-order valence-corrected chi connectivity index (χ3v) is 5.22. The van der Waals surface area contributed by atoms with Gasteiger partial charge in [0.25, 0.3) is 0 Å². The van der Waals surface area contributed by atoms with Crippen LogP contribution in [0.3, 0.4) is 0 Å². The summed E-state index contributed by atoms with van der Waals surface area (Å²) in [6.07, 6.45) is 0. The van der Waals surface area contributed by atoms with E-state index in [1.165, 1.54) is 11.8 Å². The lowest BCUT2D eigenvalue weighted by molar-refractivity contribution is -0.113. The number of aryl methyl sites for hydroxylation is 2. The van der Waals surface area contributed by atoms with E-state index in [-0.39, 0.29) is 11.7 Å². The molecule has 1 aromatic heterocycles. The zero-order chi connectivity index (χ0) is 18.7. The van der Waals surface area contributed by atoms with E-state index >= 15 is 0 Å². The average molecular weight is 387 g/mol. The van der Waals surface area contributed by atoms with Crippen molar-refractivity contribution in [1.29, 1.82) is 0 Å². The van der Waals surface area contributed by atoms with Gasteiger partial charge >= 0.3 is 0 Å². The summed E-state index contributed by atoms with van der Waals surface area (Å²) in [6, 6.07) is 13.3. The van der Waals surface area contributed by atoms with Gasteiger partial charge in [0.1, 0.15) is 5.75 Å². The second kappa shape index (κ2) is 7.98. The predicted octanol–water partition coefficient (Wildman–Crippen LogP) is 5.24. The molecular formula is C20H19ClN2O2S. The summed E-state index contributed by atoms with van der Waals surface area (Å²) in [7, 11) is 1.55. The summed E-state index contributed by atoms with van der Waals surface area (Å²) in [4.78, 5) is 16.9. The van der Waals surface area contributed by atoms with Crippen LogP contribution in [0.15, 0.2) is 47.5 Å². The highest BCUT2D eigenvalue weighted by Crippen LogP contribution is 2.28. The Morgan fingerprint density at radius 2 is 2.00 bits per heavy atom. The Hall–Kier alpha value is -2.24. The molecule has 1 heterocycles. The topological polar surface area (TPSA) is 51.2 Å². The molecule has 1 N–H and O–H groups in total. The molecule has 0 radical (unpaired) electrons. The number of hydrogen-bond acceptors (Lipinski definition) is 4. The van der Waals surface area contributed by atoms with Crippen LogP contribution in [0.1, 0.15) is 11.1 Å². The number of carbonyl (C=O) groups is 1. The normalized spacial score (nSPS) is 10.8. The second-order valence-electron chi connectivity index (χ2n) is 5.93. The summed E-state index contributed by atoms with van der Waals surface area (Å²) < 4.78 is 5.11. The number of para-hydroxylation sites is 1. The number of methoxy groups -OCH3 is 1. The Morgan fingerprint density at radius 1 is 1.19 bits per heavy atom. The summed E-state index contributed by atoms with van der Waals surface area (Å²) in [5, 5.41) is 5.28. The predicted molar refractivity (Wildman–Crippen MR) is 109 cm³/mol. The largest absolute Gasteiger partial charge is 0.495 e. The van der Waals surface area contributed by atoms with Crippen molar-refractivity contribution in [1.82, 2.24) is 4.98 Å². The molecule has 3 rings (SSSR count). The maximum atomic E-state index is 12.2. The van der Waals surface area contributed by atoms with Crippen molar-refractivity contribution in [3.63, 3.8) is 0 Å². The number of nitrogens with zero attached hydrogens (tertiary/aromatic N) is 1. The van der Waals surface area contributed by atoms with Crippen LogP contribution in [0, 0.1) is 13.8 Å². The number of thioether (sulfide) groups is 1. The fraction of sp³-hybridized carbons (Fsp3) is 0.200. The number of pyridine rings is 1. The van der Waals surface area contributed by atoms with Gasteiger partial charge in [-0.25, -0.2) is 4.98 Å². The number of fused-ring (bicyclic) bond motifs is 1. The molecule has 0 aliphatic rings. The number of nitrogens with one attached hydrogen (secondary N) is 1. The highest BCUT2D eigenvalue weighted by Gasteiger charge is 2.09. The maximum Gasteiger partial charge on any atom is 0.234 e. The van der Waals surface area contributed by atoms with E-state index in [4.69, 9.17) is 21.3 Å². The molecule has 0 atom stereocenters. The molecule has 0 unspecified atom stereocenters. The molecule has 0 spiro atoms. The van der Waals surface area contributed by atoms with Crippen LogP contribution in [0.5, 0.6) is 5.75 Å². The van der Waals surface area contributed by atoms with Crippen molar-refractivity contribution in [2.75, 3.05) is 18.2 Å².